The van der Waals surface area contributed by atoms with Crippen LogP contribution in [0.15, 0.2) is 60.0 Å². The Morgan fingerprint density at radius 1 is 1.06 bits per heavy atom. The van der Waals surface area contributed by atoms with Crippen molar-refractivity contribution >= 4 is 50.8 Å². The molecule has 9 heteroatoms. The van der Waals surface area contributed by atoms with Gasteiger partial charge in [0, 0.05) is 34.8 Å². The highest BCUT2D eigenvalue weighted by atomic mass is 35.5. The van der Waals surface area contributed by atoms with Crippen LogP contribution in [0.2, 0.25) is 5.02 Å². The van der Waals surface area contributed by atoms with Crippen LogP contribution in [0.4, 0.5) is 11.4 Å². The molecule has 0 spiro atoms. The zero-order chi connectivity index (χ0) is 24.7. The minimum atomic E-state index is -1.13. The van der Waals surface area contributed by atoms with Crippen LogP contribution in [0.5, 0.6) is 0 Å². The number of carboxylic acids is 1. The van der Waals surface area contributed by atoms with Gasteiger partial charge in [-0.1, -0.05) is 44.2 Å². The van der Waals surface area contributed by atoms with Crippen LogP contribution in [0.3, 0.4) is 0 Å². The average molecular weight is 500 g/mol. The highest BCUT2D eigenvalue weighted by molar-refractivity contribution is 7.67. The summed E-state index contributed by atoms with van der Waals surface area (Å²) in [6, 6.07) is 7.24. The van der Waals surface area contributed by atoms with E-state index in [1.54, 1.807) is 12.1 Å². The van der Waals surface area contributed by atoms with Crippen LogP contribution in [0, 0.1) is 5.92 Å². The Morgan fingerprint density at radius 3 is 2.32 bits per heavy atom. The molecule has 1 aliphatic rings. The van der Waals surface area contributed by atoms with E-state index in [0.29, 0.717) is 22.0 Å². The van der Waals surface area contributed by atoms with Crippen LogP contribution in [0.25, 0.3) is 0 Å². The van der Waals surface area contributed by atoms with E-state index < -0.39 is 17.7 Å². The zero-order valence-electron chi connectivity index (χ0n) is 19.0. The summed E-state index contributed by atoms with van der Waals surface area (Å²) in [5.74, 6) is -2.25. The van der Waals surface area contributed by atoms with Crippen molar-refractivity contribution < 1.29 is 18.9 Å². The first kappa shape index (κ1) is 25.5. The lowest BCUT2D eigenvalue weighted by Crippen LogP contribution is -2.26. The topological polar surface area (TPSA) is 100 Å². The molecule has 1 heterocycles. The molecule has 0 amide bonds. The summed E-state index contributed by atoms with van der Waals surface area (Å²) in [7, 11) is 1.84. The number of aliphatic carboxylic acids is 1. The third-order valence-corrected chi connectivity index (χ3v) is 6.57. The summed E-state index contributed by atoms with van der Waals surface area (Å²) < 4.78 is 11.8. The third-order valence-electron chi connectivity index (χ3n) is 5.72. The van der Waals surface area contributed by atoms with Gasteiger partial charge in [0.05, 0.1) is 34.2 Å². The number of ketones is 1. The number of hydrogen-bond donors (Lipinski definition) is 1. The molecule has 3 rings (SSSR count). The number of hydrogen-bond acceptors (Lipinski definition) is 6. The summed E-state index contributed by atoms with van der Waals surface area (Å²) >= 11 is 6.18. The van der Waals surface area contributed by atoms with Gasteiger partial charge in [-0.25, -0.2) is 19.0 Å². The molecule has 1 aromatic carbocycles. The molecule has 178 valence electrons. The van der Waals surface area contributed by atoms with E-state index in [4.69, 9.17) is 11.6 Å². The van der Waals surface area contributed by atoms with Gasteiger partial charge in [-0.05, 0) is 42.8 Å². The van der Waals surface area contributed by atoms with E-state index in [0.717, 1.165) is 31.4 Å². The normalized spacial score (nSPS) is 15.4. The average Bonchev–Trinajstić information content (AvgIpc) is 2.86. The summed E-state index contributed by atoms with van der Waals surface area (Å²) in [6.45, 7) is 2.10. The lowest BCUT2D eigenvalue weighted by molar-refractivity contribution is -0.133. The molecule has 1 atom stereocenters. The summed E-state index contributed by atoms with van der Waals surface area (Å²) in [5.41, 5.74) is 1.68. The van der Waals surface area contributed by atoms with Crippen molar-refractivity contribution in [1.82, 2.24) is 9.97 Å². The van der Waals surface area contributed by atoms with Gasteiger partial charge in [0.1, 0.15) is 0 Å². The van der Waals surface area contributed by atoms with Gasteiger partial charge in [-0.2, -0.15) is 0 Å². The van der Waals surface area contributed by atoms with Crippen LogP contribution >= 0.6 is 11.6 Å². The lowest BCUT2D eigenvalue weighted by Gasteiger charge is -2.21. The number of allylic oxidation sites excluding steroid dienone is 3. The van der Waals surface area contributed by atoms with Gasteiger partial charge in [0.25, 0.3) is 0 Å². The molecule has 1 aliphatic carbocycles. The molecule has 0 radical (unpaired) electrons. The predicted octanol–water partition coefficient (Wildman–Crippen LogP) is 5.00. The Kier molecular flexibility index (Phi) is 8.90. The molecule has 34 heavy (non-hydrogen) atoms. The molecule has 0 bridgehead atoms. The number of carbonyl (C=O) groups excluding carboxylic acids is 1. The number of halogens is 1. The fourth-order valence-electron chi connectivity index (χ4n) is 3.77. The standard InChI is InChI=1S/C25H26ClN3O4S/c1-3-4-5-6-7-20-21(25(31)32)12-16(13-22(20)34-33)23(30)24-27-14-19(15-28-24)29(2)18-10-8-17(26)9-11-18/h8-15,20H,3-7H2,1-2H3,(H,31,32). The van der Waals surface area contributed by atoms with Crippen LogP contribution in [0.1, 0.15) is 49.6 Å². The first-order valence-electron chi connectivity index (χ1n) is 11.0. The van der Waals surface area contributed by atoms with Crippen LogP contribution < -0.4 is 4.90 Å². The van der Waals surface area contributed by atoms with Gasteiger partial charge in [0.15, 0.2) is 0 Å². The van der Waals surface area contributed by atoms with E-state index in [1.165, 1.54) is 24.5 Å². The summed E-state index contributed by atoms with van der Waals surface area (Å²) in [6.07, 6.45) is 10.3. The first-order chi connectivity index (χ1) is 16.3. The fraction of sp³-hybridized carbons (Fsp3) is 0.320. The number of carboxylic acid groups (broad SMARTS) is 1. The fourth-order valence-corrected chi connectivity index (χ4v) is 4.43. The molecule has 0 aliphatic heterocycles. The maximum atomic E-state index is 13.0. The third kappa shape index (κ3) is 6.07. The Balaban J connectivity index is 1.81. The van der Waals surface area contributed by atoms with Crippen molar-refractivity contribution in [3.8, 4) is 0 Å². The van der Waals surface area contributed by atoms with Gasteiger partial charge in [0.2, 0.25) is 11.6 Å². The Hall–Kier alpha value is -3.10. The second-order valence-electron chi connectivity index (χ2n) is 8.02. The summed E-state index contributed by atoms with van der Waals surface area (Å²) in [5, 5.41) is 10.4. The quantitative estimate of drug-likeness (QED) is 0.279. The van der Waals surface area contributed by atoms with E-state index in [2.05, 4.69) is 16.9 Å². The summed E-state index contributed by atoms with van der Waals surface area (Å²) in [4.78, 5) is 35.5. The molecule has 1 aromatic heterocycles. The number of Topliss-reactive ketones (excluding diaryl/α,β-unsaturated/α-hetero) is 1. The van der Waals surface area contributed by atoms with Crippen molar-refractivity contribution in [2.45, 2.75) is 39.0 Å². The van der Waals surface area contributed by atoms with Crippen molar-refractivity contribution in [2.24, 2.45) is 5.92 Å². The predicted molar refractivity (Wildman–Crippen MR) is 135 cm³/mol. The monoisotopic (exact) mass is 499 g/mol. The smallest absolute Gasteiger partial charge is 0.332 e. The largest absolute Gasteiger partial charge is 0.478 e. The SMILES string of the molecule is CCCCCCC1C(C(=O)O)=CC(C(=O)c2ncc(N(C)c3ccc(Cl)cc3)cn2)=CC1=S=O. The van der Waals surface area contributed by atoms with Gasteiger partial charge < -0.3 is 10.0 Å². The van der Waals surface area contributed by atoms with Gasteiger partial charge in [-0.15, -0.1) is 0 Å². The van der Waals surface area contributed by atoms with E-state index in [-0.39, 0.29) is 28.2 Å². The molecule has 1 unspecified atom stereocenters. The van der Waals surface area contributed by atoms with Crippen molar-refractivity contribution in [1.29, 1.82) is 0 Å². The van der Waals surface area contributed by atoms with E-state index >= 15 is 0 Å². The maximum absolute atomic E-state index is 13.0. The highest BCUT2D eigenvalue weighted by Crippen LogP contribution is 2.29. The maximum Gasteiger partial charge on any atom is 0.332 e. The second-order valence-corrected chi connectivity index (χ2v) is 9.10. The molecular weight excluding hydrogens is 474 g/mol. The Morgan fingerprint density at radius 2 is 1.74 bits per heavy atom. The van der Waals surface area contributed by atoms with Crippen molar-refractivity contribution in [3.05, 3.63) is 70.8 Å². The zero-order valence-corrected chi connectivity index (χ0v) is 20.6. The number of benzene rings is 1. The van der Waals surface area contributed by atoms with Gasteiger partial charge in [-0.3, -0.25) is 4.79 Å². The number of unbranched alkanes of at least 4 members (excludes halogenated alkanes) is 3. The van der Waals surface area contributed by atoms with E-state index in [9.17, 15) is 18.9 Å². The Labute approximate surface area is 207 Å². The van der Waals surface area contributed by atoms with Crippen molar-refractivity contribution in [3.63, 3.8) is 0 Å². The van der Waals surface area contributed by atoms with E-state index in [1.807, 2.05) is 24.1 Å². The molecule has 2 aromatic rings. The lowest BCUT2D eigenvalue weighted by atomic mass is 9.83. The van der Waals surface area contributed by atoms with Crippen LogP contribution in [-0.4, -0.2) is 42.9 Å². The molecule has 0 fully saturated rings. The number of nitrogens with zero attached hydrogens (tertiary/aromatic N) is 3. The van der Waals surface area contributed by atoms with Gasteiger partial charge >= 0.3 is 5.97 Å². The number of aromatic nitrogens is 2. The molecular formula is C25H26ClN3O4S. The highest BCUT2D eigenvalue weighted by Gasteiger charge is 2.30. The molecule has 0 saturated heterocycles. The minimum Gasteiger partial charge on any atom is -0.478 e. The van der Waals surface area contributed by atoms with Crippen LogP contribution in [-0.2, 0) is 16.1 Å². The number of carbonyl (C=O) groups is 2. The molecule has 0 saturated carbocycles. The Bertz CT molecular complexity index is 1170. The minimum absolute atomic E-state index is 0.0554. The van der Waals surface area contributed by atoms with Crippen molar-refractivity contribution in [2.75, 3.05) is 11.9 Å². The second kappa shape index (κ2) is 11.9. The molecule has 7 nitrogen and oxygen atoms in total. The first-order valence-corrected chi connectivity index (χ1v) is 12.2. The molecule has 1 N–H and O–H groups in total. The number of anilines is 2. The number of rotatable bonds is 10.